The van der Waals surface area contributed by atoms with Gasteiger partial charge in [0.1, 0.15) is 5.82 Å². The normalized spacial score (nSPS) is 11.6. The van der Waals surface area contributed by atoms with Crippen molar-refractivity contribution >= 4 is 33.2 Å². The van der Waals surface area contributed by atoms with Crippen molar-refractivity contribution in [3.8, 4) is 5.69 Å². The van der Waals surface area contributed by atoms with E-state index in [4.69, 9.17) is 11.6 Å². The van der Waals surface area contributed by atoms with Crippen LogP contribution >= 0.6 is 11.6 Å². The first-order valence-electron chi connectivity index (χ1n) is 8.07. The summed E-state index contributed by atoms with van der Waals surface area (Å²) < 4.78 is 41.6. The molecule has 10 heteroatoms. The van der Waals surface area contributed by atoms with E-state index in [0.29, 0.717) is 5.02 Å². The Kier molecular flexibility index (Phi) is 5.78. The van der Waals surface area contributed by atoms with Crippen LogP contribution in [0.2, 0.25) is 5.02 Å². The molecule has 0 radical (unpaired) electrons. The van der Waals surface area contributed by atoms with Crippen molar-refractivity contribution in [3.63, 3.8) is 0 Å². The molecule has 0 atom stereocenters. The van der Waals surface area contributed by atoms with Crippen molar-refractivity contribution in [2.45, 2.75) is 4.90 Å². The van der Waals surface area contributed by atoms with Crippen LogP contribution in [0.15, 0.2) is 66.1 Å². The third-order valence-corrected chi connectivity index (χ3v) is 5.97. The van der Waals surface area contributed by atoms with Gasteiger partial charge in [-0.1, -0.05) is 11.6 Å². The van der Waals surface area contributed by atoms with Gasteiger partial charge >= 0.3 is 0 Å². The number of nitrogens with one attached hydrogen (secondary N) is 1. The molecule has 3 rings (SSSR count). The first kappa shape index (κ1) is 20.0. The zero-order chi connectivity index (χ0) is 20.3. The van der Waals surface area contributed by atoms with Crippen molar-refractivity contribution < 1.29 is 17.6 Å². The summed E-state index contributed by atoms with van der Waals surface area (Å²) >= 11 is 5.76. The molecule has 1 N–H and O–H groups in total. The Hall–Kier alpha value is -2.75. The SMILES string of the molecule is CN(CC(=O)Nc1ccc(-n2ccnc2)c(F)c1)S(=O)(=O)c1ccc(Cl)cc1. The van der Waals surface area contributed by atoms with Crippen molar-refractivity contribution in [2.75, 3.05) is 18.9 Å². The number of aromatic nitrogens is 2. The molecule has 0 aliphatic carbocycles. The van der Waals surface area contributed by atoms with Gasteiger partial charge in [0.15, 0.2) is 0 Å². The molecule has 3 aromatic rings. The van der Waals surface area contributed by atoms with E-state index in [1.807, 2.05) is 0 Å². The van der Waals surface area contributed by atoms with E-state index in [-0.39, 0.29) is 16.3 Å². The summed E-state index contributed by atoms with van der Waals surface area (Å²) in [6, 6.07) is 9.78. The number of sulfonamides is 1. The van der Waals surface area contributed by atoms with Crippen LogP contribution in [0.4, 0.5) is 10.1 Å². The molecule has 0 unspecified atom stereocenters. The number of amides is 1. The van der Waals surface area contributed by atoms with Crippen LogP contribution in [0.1, 0.15) is 0 Å². The lowest BCUT2D eigenvalue weighted by Gasteiger charge is -2.17. The minimum Gasteiger partial charge on any atom is -0.325 e. The molecular formula is C18H16ClFN4O3S. The minimum absolute atomic E-state index is 0.0166. The molecule has 7 nitrogen and oxygen atoms in total. The number of carbonyl (C=O) groups is 1. The van der Waals surface area contributed by atoms with Crippen LogP contribution in [0.3, 0.4) is 0 Å². The Bertz CT molecular complexity index is 1090. The maximum Gasteiger partial charge on any atom is 0.243 e. The largest absolute Gasteiger partial charge is 0.325 e. The fourth-order valence-corrected chi connectivity index (χ4v) is 3.72. The predicted octanol–water partition coefficient (Wildman–Crippen LogP) is 2.92. The summed E-state index contributed by atoms with van der Waals surface area (Å²) in [4.78, 5) is 16.1. The highest BCUT2D eigenvalue weighted by molar-refractivity contribution is 7.89. The van der Waals surface area contributed by atoms with E-state index in [1.54, 1.807) is 6.20 Å². The lowest BCUT2D eigenvalue weighted by Crippen LogP contribution is -2.35. The second-order valence-corrected chi connectivity index (χ2v) is 8.38. The molecule has 146 valence electrons. The highest BCUT2D eigenvalue weighted by Crippen LogP contribution is 2.19. The van der Waals surface area contributed by atoms with Crippen LogP contribution in [0.25, 0.3) is 5.69 Å². The quantitative estimate of drug-likeness (QED) is 0.662. The number of imidazole rings is 1. The summed E-state index contributed by atoms with van der Waals surface area (Å²) in [5.41, 5.74) is 0.488. The number of benzene rings is 2. The van der Waals surface area contributed by atoms with E-state index < -0.39 is 28.3 Å². The third-order valence-electron chi connectivity index (χ3n) is 3.90. The van der Waals surface area contributed by atoms with Gasteiger partial charge in [-0.05, 0) is 42.5 Å². The Morgan fingerprint density at radius 3 is 2.57 bits per heavy atom. The van der Waals surface area contributed by atoms with Gasteiger partial charge in [-0.15, -0.1) is 0 Å². The van der Waals surface area contributed by atoms with Crippen molar-refractivity contribution in [3.05, 3.63) is 72.0 Å². The Morgan fingerprint density at radius 1 is 1.25 bits per heavy atom. The first-order valence-corrected chi connectivity index (χ1v) is 9.89. The molecular weight excluding hydrogens is 407 g/mol. The average Bonchev–Trinajstić information content (AvgIpc) is 3.16. The lowest BCUT2D eigenvalue weighted by molar-refractivity contribution is -0.116. The Morgan fingerprint density at radius 2 is 1.96 bits per heavy atom. The van der Waals surface area contributed by atoms with E-state index >= 15 is 0 Å². The number of hydrogen-bond donors (Lipinski definition) is 1. The smallest absolute Gasteiger partial charge is 0.243 e. The second-order valence-electron chi connectivity index (χ2n) is 5.90. The molecule has 1 amide bonds. The maximum absolute atomic E-state index is 14.3. The van der Waals surface area contributed by atoms with Crippen molar-refractivity contribution in [1.29, 1.82) is 0 Å². The predicted molar refractivity (Wildman–Crippen MR) is 103 cm³/mol. The minimum atomic E-state index is -3.86. The van der Waals surface area contributed by atoms with Gasteiger partial charge in [-0.3, -0.25) is 4.79 Å². The monoisotopic (exact) mass is 422 g/mol. The van der Waals surface area contributed by atoms with Gasteiger partial charge in [0.25, 0.3) is 0 Å². The van der Waals surface area contributed by atoms with E-state index in [0.717, 1.165) is 10.4 Å². The standard InChI is InChI=1S/C18H16ClFN4O3S/c1-23(28(26,27)15-5-2-13(19)3-6-15)11-18(25)22-14-4-7-17(16(20)10-14)24-9-8-21-12-24/h2-10,12H,11H2,1H3,(H,22,25). The first-order chi connectivity index (χ1) is 13.3. The highest BCUT2D eigenvalue weighted by Gasteiger charge is 2.23. The Balaban J connectivity index is 1.68. The Labute approximate surface area is 166 Å². The molecule has 0 fully saturated rings. The van der Waals surface area contributed by atoms with E-state index in [9.17, 15) is 17.6 Å². The van der Waals surface area contributed by atoms with Gasteiger partial charge in [0.05, 0.1) is 23.5 Å². The maximum atomic E-state index is 14.3. The summed E-state index contributed by atoms with van der Waals surface area (Å²) in [6.45, 7) is -0.435. The van der Waals surface area contributed by atoms with Crippen LogP contribution in [0.5, 0.6) is 0 Å². The zero-order valence-electron chi connectivity index (χ0n) is 14.7. The van der Waals surface area contributed by atoms with Gasteiger partial charge in [0, 0.05) is 30.2 Å². The summed E-state index contributed by atoms with van der Waals surface area (Å²) in [5.74, 6) is -1.16. The molecule has 0 aliphatic heterocycles. The van der Waals surface area contributed by atoms with Gasteiger partial charge < -0.3 is 9.88 Å². The molecule has 2 aromatic carbocycles. The molecule has 0 bridgehead atoms. The number of anilines is 1. The van der Waals surface area contributed by atoms with Crippen LogP contribution in [0, 0.1) is 5.82 Å². The van der Waals surface area contributed by atoms with Gasteiger partial charge in [-0.2, -0.15) is 4.31 Å². The summed E-state index contributed by atoms with van der Waals surface area (Å²) in [5, 5.41) is 2.89. The third kappa shape index (κ3) is 4.38. The number of hydrogen-bond acceptors (Lipinski definition) is 4. The number of likely N-dealkylation sites (N-methyl/N-ethyl adjacent to an activating group) is 1. The second kappa shape index (κ2) is 8.09. The average molecular weight is 423 g/mol. The van der Waals surface area contributed by atoms with Crippen LogP contribution < -0.4 is 5.32 Å². The number of rotatable bonds is 6. The zero-order valence-corrected chi connectivity index (χ0v) is 16.3. The molecule has 0 spiro atoms. The molecule has 1 aromatic heterocycles. The lowest BCUT2D eigenvalue weighted by atomic mass is 10.2. The van der Waals surface area contributed by atoms with Gasteiger partial charge in [0.2, 0.25) is 15.9 Å². The molecule has 0 saturated heterocycles. The van der Waals surface area contributed by atoms with Crippen molar-refractivity contribution in [2.24, 2.45) is 0 Å². The number of nitrogens with zero attached hydrogens (tertiary/aromatic N) is 3. The summed E-state index contributed by atoms with van der Waals surface area (Å²) in [6.07, 6.45) is 4.56. The molecule has 1 heterocycles. The van der Waals surface area contributed by atoms with Crippen molar-refractivity contribution in [1.82, 2.24) is 13.9 Å². The number of carbonyl (C=O) groups excluding carboxylic acids is 1. The van der Waals surface area contributed by atoms with E-state index in [1.165, 1.54) is 60.5 Å². The molecule has 0 aliphatic rings. The molecule has 0 saturated carbocycles. The fraction of sp³-hybridized carbons (Fsp3) is 0.111. The van der Waals surface area contributed by atoms with Gasteiger partial charge in [-0.25, -0.2) is 17.8 Å². The topological polar surface area (TPSA) is 84.3 Å². The number of halogens is 2. The van der Waals surface area contributed by atoms with Crippen LogP contribution in [-0.2, 0) is 14.8 Å². The van der Waals surface area contributed by atoms with Crippen LogP contribution in [-0.4, -0.2) is 41.8 Å². The molecule has 28 heavy (non-hydrogen) atoms. The highest BCUT2D eigenvalue weighted by atomic mass is 35.5. The summed E-state index contributed by atoms with van der Waals surface area (Å²) in [7, 11) is -2.57. The van der Waals surface area contributed by atoms with E-state index in [2.05, 4.69) is 10.3 Å². The fourth-order valence-electron chi connectivity index (χ4n) is 2.47.